The molecule has 0 saturated heterocycles. The van der Waals surface area contributed by atoms with E-state index in [-0.39, 0.29) is 0 Å². The lowest BCUT2D eigenvalue weighted by atomic mass is 9.98. The van der Waals surface area contributed by atoms with Crippen LogP contribution in [0.25, 0.3) is 11.1 Å². The molecule has 0 unspecified atom stereocenters. The van der Waals surface area contributed by atoms with Crippen LogP contribution in [0, 0.1) is 12.8 Å². The first-order valence-corrected chi connectivity index (χ1v) is 9.03. The molecule has 0 bridgehead atoms. The number of nitrogen functional groups attached to an aromatic ring is 1. The molecule has 4 heteroatoms. The number of nitrogens with two attached hydrogens (primary N) is 1. The zero-order valence-electron chi connectivity index (χ0n) is 15.9. The van der Waals surface area contributed by atoms with Gasteiger partial charge >= 0.3 is 0 Å². The molecule has 0 aliphatic heterocycles. The number of rotatable bonds is 9. The first kappa shape index (κ1) is 19.1. The Morgan fingerprint density at radius 3 is 2.40 bits per heavy atom. The van der Waals surface area contributed by atoms with E-state index in [0.29, 0.717) is 6.61 Å². The molecule has 0 aliphatic rings. The van der Waals surface area contributed by atoms with E-state index in [0.717, 1.165) is 52.8 Å². The fraction of sp³-hybridized carbons (Fsp3) is 0.429. The lowest BCUT2D eigenvalue weighted by Crippen LogP contribution is -2.22. The molecule has 2 aromatic carbocycles. The lowest BCUT2D eigenvalue weighted by Gasteiger charge is -2.14. The van der Waals surface area contributed by atoms with Crippen molar-refractivity contribution >= 4 is 11.4 Å². The first-order chi connectivity index (χ1) is 12.0. The number of benzene rings is 2. The molecule has 25 heavy (non-hydrogen) atoms. The molecular weight excluding hydrogens is 310 g/mol. The van der Waals surface area contributed by atoms with Crippen molar-refractivity contribution in [3.05, 3.63) is 42.0 Å². The Morgan fingerprint density at radius 2 is 1.76 bits per heavy atom. The summed E-state index contributed by atoms with van der Waals surface area (Å²) in [5.41, 5.74) is 11.3. The maximum Gasteiger partial charge on any atom is 0.119 e. The van der Waals surface area contributed by atoms with Crippen molar-refractivity contribution in [2.24, 2.45) is 5.92 Å². The van der Waals surface area contributed by atoms with Gasteiger partial charge in [0.15, 0.2) is 0 Å². The predicted molar refractivity (Wildman–Crippen MR) is 108 cm³/mol. The normalized spacial score (nSPS) is 10.9. The summed E-state index contributed by atoms with van der Waals surface area (Å²) >= 11 is 0. The molecule has 0 amide bonds. The van der Waals surface area contributed by atoms with E-state index >= 15 is 0 Å². The van der Waals surface area contributed by atoms with E-state index in [1.54, 1.807) is 0 Å². The Labute approximate surface area is 151 Å². The van der Waals surface area contributed by atoms with Gasteiger partial charge in [0, 0.05) is 13.6 Å². The molecule has 0 atom stereocenters. The maximum absolute atomic E-state index is 6.19. The van der Waals surface area contributed by atoms with Gasteiger partial charge in [-0.1, -0.05) is 32.0 Å². The number of hydrogen-bond acceptors (Lipinski definition) is 4. The third-order valence-electron chi connectivity index (χ3n) is 4.40. The van der Waals surface area contributed by atoms with Crippen LogP contribution < -0.4 is 21.1 Å². The fourth-order valence-corrected chi connectivity index (χ4v) is 2.75. The van der Waals surface area contributed by atoms with Crippen LogP contribution in [-0.4, -0.2) is 26.7 Å². The van der Waals surface area contributed by atoms with Gasteiger partial charge in [0.05, 0.1) is 11.4 Å². The summed E-state index contributed by atoms with van der Waals surface area (Å²) in [4.78, 5) is 0. The third kappa shape index (κ3) is 5.40. The van der Waals surface area contributed by atoms with Crippen molar-refractivity contribution < 1.29 is 4.74 Å². The van der Waals surface area contributed by atoms with E-state index in [4.69, 9.17) is 10.5 Å². The molecule has 2 rings (SSSR count). The van der Waals surface area contributed by atoms with Gasteiger partial charge in [-0.25, -0.2) is 0 Å². The van der Waals surface area contributed by atoms with Crippen molar-refractivity contribution in [1.82, 2.24) is 5.32 Å². The molecule has 0 fully saturated rings. The number of anilines is 2. The number of hydrogen-bond donors (Lipinski definition) is 3. The standard InChI is InChI=1S/C21H31N3O/c1-15(2)11-12-24-13-14-25-18-7-5-17(6-8-18)19-9-10-20(23-4)21(22)16(19)3/h5-10,15,23-24H,11-14,22H2,1-4H3. The highest BCUT2D eigenvalue weighted by Crippen LogP contribution is 2.32. The molecule has 136 valence electrons. The van der Waals surface area contributed by atoms with Crippen molar-refractivity contribution in [1.29, 1.82) is 0 Å². The molecule has 0 aromatic heterocycles. The molecule has 0 aliphatic carbocycles. The summed E-state index contributed by atoms with van der Waals surface area (Å²) in [6.45, 7) is 9.13. The molecule has 4 nitrogen and oxygen atoms in total. The van der Waals surface area contributed by atoms with E-state index in [1.807, 2.05) is 25.2 Å². The van der Waals surface area contributed by atoms with E-state index < -0.39 is 0 Å². The van der Waals surface area contributed by atoms with Gasteiger partial charge in [0.1, 0.15) is 12.4 Å². The lowest BCUT2D eigenvalue weighted by molar-refractivity contribution is 0.312. The molecule has 0 saturated carbocycles. The molecule has 4 N–H and O–H groups in total. The zero-order chi connectivity index (χ0) is 18.2. The van der Waals surface area contributed by atoms with E-state index in [9.17, 15) is 0 Å². The van der Waals surface area contributed by atoms with Gasteiger partial charge in [0.25, 0.3) is 0 Å². The van der Waals surface area contributed by atoms with Crippen molar-refractivity contribution in [3.8, 4) is 16.9 Å². The van der Waals surface area contributed by atoms with Crippen LogP contribution in [0.3, 0.4) is 0 Å². The highest BCUT2D eigenvalue weighted by atomic mass is 16.5. The monoisotopic (exact) mass is 341 g/mol. The van der Waals surface area contributed by atoms with Gasteiger partial charge in [-0.05, 0) is 60.7 Å². The van der Waals surface area contributed by atoms with Gasteiger partial charge in [-0.15, -0.1) is 0 Å². The molecule has 0 radical (unpaired) electrons. The average molecular weight is 341 g/mol. The fourth-order valence-electron chi connectivity index (χ4n) is 2.75. The van der Waals surface area contributed by atoms with E-state index in [1.165, 1.54) is 6.42 Å². The maximum atomic E-state index is 6.19. The van der Waals surface area contributed by atoms with Crippen LogP contribution in [0.5, 0.6) is 5.75 Å². The Morgan fingerprint density at radius 1 is 1.04 bits per heavy atom. The smallest absolute Gasteiger partial charge is 0.119 e. The second kappa shape index (κ2) is 9.33. The summed E-state index contributed by atoms with van der Waals surface area (Å²) in [7, 11) is 1.88. The second-order valence-corrected chi connectivity index (χ2v) is 6.75. The zero-order valence-corrected chi connectivity index (χ0v) is 15.9. The minimum atomic E-state index is 0.681. The average Bonchev–Trinajstić information content (AvgIpc) is 2.61. The summed E-state index contributed by atoms with van der Waals surface area (Å²) < 4.78 is 5.80. The molecular formula is C21H31N3O. The summed E-state index contributed by atoms with van der Waals surface area (Å²) in [5, 5.41) is 6.52. The Hall–Kier alpha value is -2.20. The summed E-state index contributed by atoms with van der Waals surface area (Å²) in [5.74, 6) is 1.63. The Balaban J connectivity index is 1.91. The van der Waals surface area contributed by atoms with Gasteiger partial charge in [0.2, 0.25) is 0 Å². The van der Waals surface area contributed by atoms with Crippen LogP contribution in [0.15, 0.2) is 36.4 Å². The predicted octanol–water partition coefficient (Wildman–Crippen LogP) is 4.30. The highest BCUT2D eigenvalue weighted by molar-refractivity contribution is 5.80. The Kier molecular flexibility index (Phi) is 7.14. The number of ether oxygens (including phenoxy) is 1. The summed E-state index contributed by atoms with van der Waals surface area (Å²) in [6, 6.07) is 12.3. The van der Waals surface area contributed by atoms with Gasteiger partial charge in [-0.3, -0.25) is 0 Å². The van der Waals surface area contributed by atoms with Crippen LogP contribution in [0.4, 0.5) is 11.4 Å². The van der Waals surface area contributed by atoms with Crippen LogP contribution in [0.2, 0.25) is 0 Å². The topological polar surface area (TPSA) is 59.3 Å². The molecule has 0 heterocycles. The van der Waals surface area contributed by atoms with Crippen molar-refractivity contribution in [2.45, 2.75) is 27.2 Å². The minimum Gasteiger partial charge on any atom is -0.492 e. The van der Waals surface area contributed by atoms with Gasteiger partial charge in [-0.2, -0.15) is 0 Å². The van der Waals surface area contributed by atoms with Crippen molar-refractivity contribution in [2.75, 3.05) is 37.8 Å². The molecule has 2 aromatic rings. The Bertz CT molecular complexity index is 666. The van der Waals surface area contributed by atoms with Crippen LogP contribution in [-0.2, 0) is 0 Å². The minimum absolute atomic E-state index is 0.681. The SMILES string of the molecule is CNc1ccc(-c2ccc(OCCNCCC(C)C)cc2)c(C)c1N. The number of nitrogens with one attached hydrogen (secondary N) is 2. The second-order valence-electron chi connectivity index (χ2n) is 6.75. The van der Waals surface area contributed by atoms with Crippen LogP contribution in [0.1, 0.15) is 25.8 Å². The quantitative estimate of drug-likeness (QED) is 0.470. The first-order valence-electron chi connectivity index (χ1n) is 9.03. The van der Waals surface area contributed by atoms with Gasteiger partial charge < -0.3 is 21.1 Å². The summed E-state index contributed by atoms with van der Waals surface area (Å²) in [6.07, 6.45) is 1.20. The highest BCUT2D eigenvalue weighted by Gasteiger charge is 2.08. The largest absolute Gasteiger partial charge is 0.492 e. The molecule has 0 spiro atoms. The van der Waals surface area contributed by atoms with E-state index in [2.05, 4.69) is 49.6 Å². The van der Waals surface area contributed by atoms with Crippen LogP contribution >= 0.6 is 0 Å². The third-order valence-corrected chi connectivity index (χ3v) is 4.40. The van der Waals surface area contributed by atoms with Crippen molar-refractivity contribution in [3.63, 3.8) is 0 Å².